The van der Waals surface area contributed by atoms with Crippen LogP contribution in [0, 0.1) is 5.92 Å². The van der Waals surface area contributed by atoms with Crippen LogP contribution < -0.4 is 11.1 Å². The first-order valence-corrected chi connectivity index (χ1v) is 13.9. The van der Waals surface area contributed by atoms with Gasteiger partial charge in [0.25, 0.3) is 10.1 Å². The van der Waals surface area contributed by atoms with Gasteiger partial charge in [-0.1, -0.05) is 103 Å². The van der Waals surface area contributed by atoms with E-state index < -0.39 is 10.1 Å². The summed E-state index contributed by atoms with van der Waals surface area (Å²) < 4.78 is 32.4. The lowest BCUT2D eigenvalue weighted by atomic mass is 9.97. The Labute approximate surface area is 191 Å². The standard InChI is InChI=1S/C25H46N2O3S/c1-3-4-5-6-7-8-9-10-11-12-13-14-17-22(2)18-16-21-27-25-23(26)19-15-20-24(25)31(28,29)30/h15,19-20,22,27H,3-14,16-18,21,26H2,1-2H3,(H,28,29,30). The summed E-state index contributed by atoms with van der Waals surface area (Å²) >= 11 is 0. The number of nitrogens with two attached hydrogens (primary N) is 1. The molecule has 0 aliphatic heterocycles. The Morgan fingerprint density at radius 1 is 0.871 bits per heavy atom. The molecule has 31 heavy (non-hydrogen) atoms. The minimum Gasteiger partial charge on any atom is -0.397 e. The third kappa shape index (κ3) is 13.0. The van der Waals surface area contributed by atoms with E-state index in [0.717, 1.165) is 12.8 Å². The van der Waals surface area contributed by atoms with E-state index in [1.54, 1.807) is 6.07 Å². The second kappa shape index (κ2) is 16.4. The van der Waals surface area contributed by atoms with E-state index in [2.05, 4.69) is 19.2 Å². The zero-order chi connectivity index (χ0) is 23.0. The topological polar surface area (TPSA) is 92.4 Å². The van der Waals surface area contributed by atoms with Crippen molar-refractivity contribution < 1.29 is 13.0 Å². The Balaban J connectivity index is 2.05. The van der Waals surface area contributed by atoms with Crippen LogP contribution in [0.3, 0.4) is 0 Å². The minimum absolute atomic E-state index is 0.156. The Morgan fingerprint density at radius 2 is 1.39 bits per heavy atom. The van der Waals surface area contributed by atoms with Crippen molar-refractivity contribution >= 4 is 21.5 Å². The number of para-hydroxylation sites is 1. The van der Waals surface area contributed by atoms with Gasteiger partial charge in [-0.25, -0.2) is 0 Å². The van der Waals surface area contributed by atoms with Gasteiger partial charge < -0.3 is 11.1 Å². The van der Waals surface area contributed by atoms with Gasteiger partial charge in [-0.05, 0) is 30.9 Å². The summed E-state index contributed by atoms with van der Waals surface area (Å²) in [6.45, 7) is 5.20. The van der Waals surface area contributed by atoms with E-state index in [1.807, 2.05) is 0 Å². The molecule has 1 aromatic carbocycles. The van der Waals surface area contributed by atoms with E-state index in [4.69, 9.17) is 5.73 Å². The highest BCUT2D eigenvalue weighted by molar-refractivity contribution is 7.86. The highest BCUT2D eigenvalue weighted by Gasteiger charge is 2.17. The van der Waals surface area contributed by atoms with Crippen molar-refractivity contribution in [2.75, 3.05) is 17.6 Å². The van der Waals surface area contributed by atoms with Crippen LogP contribution in [-0.4, -0.2) is 19.5 Å². The van der Waals surface area contributed by atoms with Crippen LogP contribution in [0.25, 0.3) is 0 Å². The lowest BCUT2D eigenvalue weighted by Crippen LogP contribution is -2.11. The van der Waals surface area contributed by atoms with Crippen LogP contribution in [0.5, 0.6) is 0 Å². The normalized spacial score (nSPS) is 12.7. The van der Waals surface area contributed by atoms with Crippen molar-refractivity contribution in [3.63, 3.8) is 0 Å². The fourth-order valence-corrected chi connectivity index (χ4v) is 4.79. The van der Waals surface area contributed by atoms with Gasteiger partial charge in [0.05, 0.1) is 11.4 Å². The number of unbranched alkanes of at least 4 members (excludes halogenated alkanes) is 11. The summed E-state index contributed by atoms with van der Waals surface area (Å²) in [5.74, 6) is 0.666. The van der Waals surface area contributed by atoms with E-state index in [9.17, 15) is 13.0 Å². The predicted octanol–water partition coefficient (Wildman–Crippen LogP) is 7.43. The van der Waals surface area contributed by atoms with Gasteiger partial charge in [-0.15, -0.1) is 0 Å². The number of hydrogen-bond donors (Lipinski definition) is 3. The fraction of sp³-hybridized carbons (Fsp3) is 0.760. The van der Waals surface area contributed by atoms with Crippen molar-refractivity contribution in [1.82, 2.24) is 0 Å². The van der Waals surface area contributed by atoms with Crippen LogP contribution in [0.4, 0.5) is 11.4 Å². The van der Waals surface area contributed by atoms with Gasteiger partial charge >= 0.3 is 0 Å². The summed E-state index contributed by atoms with van der Waals surface area (Å²) in [7, 11) is -4.28. The molecule has 1 unspecified atom stereocenters. The van der Waals surface area contributed by atoms with Gasteiger partial charge in [0.2, 0.25) is 0 Å². The van der Waals surface area contributed by atoms with Gasteiger partial charge in [0.1, 0.15) is 4.90 Å². The van der Waals surface area contributed by atoms with Crippen LogP contribution in [-0.2, 0) is 10.1 Å². The SMILES string of the molecule is CCCCCCCCCCCCCCC(C)CCCNc1c(N)cccc1S(=O)(=O)O. The highest BCUT2D eigenvalue weighted by Crippen LogP contribution is 2.27. The van der Waals surface area contributed by atoms with Crippen LogP contribution in [0.2, 0.25) is 0 Å². The fourth-order valence-electron chi connectivity index (χ4n) is 4.09. The molecule has 4 N–H and O–H groups in total. The van der Waals surface area contributed by atoms with Gasteiger partial charge in [-0.2, -0.15) is 8.42 Å². The van der Waals surface area contributed by atoms with Crippen LogP contribution >= 0.6 is 0 Å². The molecule has 0 amide bonds. The molecular formula is C25H46N2O3S. The molecule has 0 aliphatic carbocycles. The van der Waals surface area contributed by atoms with E-state index in [1.165, 1.54) is 95.6 Å². The van der Waals surface area contributed by atoms with Crippen molar-refractivity contribution in [3.05, 3.63) is 18.2 Å². The second-order valence-electron chi connectivity index (χ2n) is 9.05. The minimum atomic E-state index is -4.28. The average molecular weight is 455 g/mol. The maximum Gasteiger partial charge on any atom is 0.296 e. The van der Waals surface area contributed by atoms with Gasteiger partial charge in [0, 0.05) is 6.54 Å². The number of hydrogen-bond acceptors (Lipinski definition) is 4. The summed E-state index contributed by atoms with van der Waals surface area (Å²) in [4.78, 5) is -0.156. The first kappa shape index (κ1) is 27.8. The summed E-state index contributed by atoms with van der Waals surface area (Å²) in [5, 5.41) is 3.09. The average Bonchev–Trinajstić information content (AvgIpc) is 2.72. The molecular weight excluding hydrogens is 408 g/mol. The first-order chi connectivity index (χ1) is 14.9. The molecule has 1 rings (SSSR count). The zero-order valence-electron chi connectivity index (χ0n) is 19.9. The number of benzene rings is 1. The molecule has 0 radical (unpaired) electrons. The molecule has 0 bridgehead atoms. The van der Waals surface area contributed by atoms with Crippen LogP contribution in [0.1, 0.15) is 110 Å². The van der Waals surface area contributed by atoms with Gasteiger partial charge in [0.15, 0.2) is 0 Å². The lowest BCUT2D eigenvalue weighted by molar-refractivity contribution is 0.446. The predicted molar refractivity (Wildman–Crippen MR) is 133 cm³/mol. The Bertz CT molecular complexity index is 692. The summed E-state index contributed by atoms with van der Waals surface area (Å²) in [6.07, 6.45) is 19.8. The van der Waals surface area contributed by atoms with Gasteiger partial charge in [-0.3, -0.25) is 4.55 Å². The highest BCUT2D eigenvalue weighted by atomic mass is 32.2. The Hall–Kier alpha value is -1.27. The third-order valence-electron chi connectivity index (χ3n) is 6.06. The van der Waals surface area contributed by atoms with E-state index in [-0.39, 0.29) is 4.90 Å². The number of rotatable bonds is 19. The third-order valence-corrected chi connectivity index (χ3v) is 6.96. The Kier molecular flexibility index (Phi) is 14.7. The maximum absolute atomic E-state index is 11.5. The van der Waals surface area contributed by atoms with E-state index in [0.29, 0.717) is 23.8 Å². The molecule has 1 atom stereocenters. The molecule has 0 heterocycles. The molecule has 0 aliphatic rings. The first-order valence-electron chi connectivity index (χ1n) is 12.5. The molecule has 1 aromatic rings. The monoisotopic (exact) mass is 454 g/mol. The largest absolute Gasteiger partial charge is 0.397 e. The molecule has 0 spiro atoms. The molecule has 0 fully saturated rings. The lowest BCUT2D eigenvalue weighted by Gasteiger charge is -2.14. The molecule has 180 valence electrons. The maximum atomic E-state index is 11.5. The Morgan fingerprint density at radius 3 is 1.94 bits per heavy atom. The number of anilines is 2. The second-order valence-corrected chi connectivity index (χ2v) is 10.4. The summed E-state index contributed by atoms with van der Waals surface area (Å²) in [5.41, 5.74) is 6.52. The molecule has 5 nitrogen and oxygen atoms in total. The number of nitrogens with one attached hydrogen (secondary N) is 1. The summed E-state index contributed by atoms with van der Waals surface area (Å²) in [6, 6.07) is 4.53. The van der Waals surface area contributed by atoms with Crippen molar-refractivity contribution in [1.29, 1.82) is 0 Å². The number of nitrogen functional groups attached to an aromatic ring is 1. The molecule has 6 heteroatoms. The smallest absolute Gasteiger partial charge is 0.296 e. The molecule has 0 aromatic heterocycles. The molecule has 0 saturated carbocycles. The van der Waals surface area contributed by atoms with Crippen molar-refractivity contribution in [3.8, 4) is 0 Å². The van der Waals surface area contributed by atoms with E-state index >= 15 is 0 Å². The van der Waals surface area contributed by atoms with Crippen LogP contribution in [0.15, 0.2) is 23.1 Å². The quantitative estimate of drug-likeness (QED) is 0.115. The molecule has 0 saturated heterocycles. The zero-order valence-corrected chi connectivity index (χ0v) is 20.7. The van der Waals surface area contributed by atoms with Crippen molar-refractivity contribution in [2.24, 2.45) is 5.92 Å². The van der Waals surface area contributed by atoms with Crippen molar-refractivity contribution in [2.45, 2.75) is 115 Å².